The van der Waals surface area contributed by atoms with Crippen molar-refractivity contribution in [2.45, 2.75) is 38.5 Å². The SMILES string of the molecule is CC(C)Cn1c([C@H]2CCN(S(=O)(=O)Cc3cccc(Cl)c3)C2)nc2ccncc21. The molecule has 8 heteroatoms. The number of halogens is 1. The zero-order valence-electron chi connectivity index (χ0n) is 16.6. The van der Waals surface area contributed by atoms with Gasteiger partial charge in [0.05, 0.1) is 23.0 Å². The van der Waals surface area contributed by atoms with Crippen molar-refractivity contribution in [2.24, 2.45) is 5.92 Å². The zero-order chi connectivity index (χ0) is 20.6. The second kappa shape index (κ2) is 8.05. The Bertz CT molecular complexity index is 1130. The minimum atomic E-state index is -3.41. The lowest BCUT2D eigenvalue weighted by Gasteiger charge is -2.18. The predicted molar refractivity (Wildman–Crippen MR) is 115 cm³/mol. The van der Waals surface area contributed by atoms with Gasteiger partial charge < -0.3 is 4.57 Å². The van der Waals surface area contributed by atoms with Crippen LogP contribution in [0, 0.1) is 5.92 Å². The Morgan fingerprint density at radius 1 is 1.28 bits per heavy atom. The van der Waals surface area contributed by atoms with Gasteiger partial charge in [0.1, 0.15) is 5.82 Å². The highest BCUT2D eigenvalue weighted by molar-refractivity contribution is 7.88. The van der Waals surface area contributed by atoms with Crippen LogP contribution in [0.3, 0.4) is 0 Å². The number of hydrogen-bond acceptors (Lipinski definition) is 4. The molecule has 29 heavy (non-hydrogen) atoms. The van der Waals surface area contributed by atoms with E-state index in [1.807, 2.05) is 12.3 Å². The summed E-state index contributed by atoms with van der Waals surface area (Å²) in [6.07, 6.45) is 4.36. The van der Waals surface area contributed by atoms with E-state index in [9.17, 15) is 8.42 Å². The highest BCUT2D eigenvalue weighted by Gasteiger charge is 2.34. The molecule has 3 aromatic rings. The molecule has 1 aliphatic heterocycles. The lowest BCUT2D eigenvalue weighted by molar-refractivity contribution is 0.462. The van der Waals surface area contributed by atoms with Crippen molar-refractivity contribution < 1.29 is 8.42 Å². The molecule has 0 unspecified atom stereocenters. The summed E-state index contributed by atoms with van der Waals surface area (Å²) in [5.74, 6) is 1.46. The van der Waals surface area contributed by atoms with Crippen molar-refractivity contribution >= 4 is 32.7 Å². The van der Waals surface area contributed by atoms with Crippen LogP contribution in [0.1, 0.15) is 37.6 Å². The summed E-state index contributed by atoms with van der Waals surface area (Å²) in [6, 6.07) is 8.95. The molecule has 2 aromatic heterocycles. The monoisotopic (exact) mass is 432 g/mol. The van der Waals surface area contributed by atoms with Gasteiger partial charge in [-0.2, -0.15) is 0 Å². The number of nitrogens with zero attached hydrogens (tertiary/aromatic N) is 4. The standard InChI is InChI=1S/C21H25ClN4O2S/c1-15(2)12-26-20-11-23-8-6-19(20)24-21(26)17-7-9-25(13-17)29(27,28)14-16-4-3-5-18(22)10-16/h3-6,8,10-11,15,17H,7,9,12-14H2,1-2H3/t17-/m0/s1. The predicted octanol–water partition coefficient (Wildman–Crippen LogP) is 4.06. The van der Waals surface area contributed by atoms with E-state index in [0.29, 0.717) is 29.6 Å². The Morgan fingerprint density at radius 2 is 2.10 bits per heavy atom. The van der Waals surface area contributed by atoms with E-state index in [-0.39, 0.29) is 11.7 Å². The molecule has 0 saturated carbocycles. The van der Waals surface area contributed by atoms with Crippen molar-refractivity contribution in [3.63, 3.8) is 0 Å². The average Bonchev–Trinajstić information content (AvgIpc) is 3.27. The van der Waals surface area contributed by atoms with Gasteiger partial charge in [-0.25, -0.2) is 17.7 Å². The van der Waals surface area contributed by atoms with E-state index in [2.05, 4.69) is 23.4 Å². The molecule has 0 spiro atoms. The van der Waals surface area contributed by atoms with Crippen LogP contribution >= 0.6 is 11.6 Å². The number of pyridine rings is 1. The van der Waals surface area contributed by atoms with Gasteiger partial charge in [0.15, 0.2) is 0 Å². The maximum atomic E-state index is 13.0. The molecular formula is C21H25ClN4O2S. The molecule has 154 valence electrons. The van der Waals surface area contributed by atoms with Crippen molar-refractivity contribution in [3.05, 3.63) is 59.1 Å². The molecule has 0 bridgehead atoms. The fourth-order valence-corrected chi connectivity index (χ4v) is 5.76. The number of aromatic nitrogens is 3. The van der Waals surface area contributed by atoms with Gasteiger partial charge in [0.2, 0.25) is 10.0 Å². The van der Waals surface area contributed by atoms with Gasteiger partial charge in [-0.05, 0) is 36.1 Å². The quantitative estimate of drug-likeness (QED) is 0.589. The van der Waals surface area contributed by atoms with Crippen molar-refractivity contribution in [3.8, 4) is 0 Å². The van der Waals surface area contributed by atoms with Gasteiger partial charge in [-0.15, -0.1) is 0 Å². The second-order valence-corrected chi connectivity index (χ2v) is 10.5. The molecule has 1 aliphatic rings. The first kappa shape index (κ1) is 20.3. The van der Waals surface area contributed by atoms with Crippen molar-refractivity contribution in [1.82, 2.24) is 18.8 Å². The largest absolute Gasteiger partial charge is 0.326 e. The first-order valence-electron chi connectivity index (χ1n) is 9.86. The van der Waals surface area contributed by atoms with Gasteiger partial charge >= 0.3 is 0 Å². The van der Waals surface area contributed by atoms with E-state index in [1.54, 1.807) is 34.8 Å². The van der Waals surface area contributed by atoms with Crippen LogP contribution in [0.15, 0.2) is 42.7 Å². The van der Waals surface area contributed by atoms with Gasteiger partial charge in [0, 0.05) is 36.8 Å². The number of benzene rings is 1. The summed E-state index contributed by atoms with van der Waals surface area (Å²) in [5.41, 5.74) is 2.63. The van der Waals surface area contributed by atoms with Gasteiger partial charge in [0.25, 0.3) is 0 Å². The number of hydrogen-bond donors (Lipinski definition) is 0. The molecule has 6 nitrogen and oxygen atoms in total. The Hall–Kier alpha value is -1.96. The molecule has 1 saturated heterocycles. The molecule has 1 atom stereocenters. The highest BCUT2D eigenvalue weighted by atomic mass is 35.5. The number of sulfonamides is 1. The maximum absolute atomic E-state index is 13.0. The Balaban J connectivity index is 1.58. The molecule has 0 amide bonds. The van der Waals surface area contributed by atoms with E-state index in [4.69, 9.17) is 16.6 Å². The molecule has 1 fully saturated rings. The Kier molecular flexibility index (Phi) is 5.64. The van der Waals surface area contributed by atoms with E-state index < -0.39 is 10.0 Å². The van der Waals surface area contributed by atoms with Crippen LogP contribution in [-0.4, -0.2) is 40.3 Å². The number of imidazole rings is 1. The van der Waals surface area contributed by atoms with Gasteiger partial charge in [-0.1, -0.05) is 37.6 Å². The van der Waals surface area contributed by atoms with Crippen LogP contribution in [0.25, 0.3) is 11.0 Å². The third kappa shape index (κ3) is 4.32. The maximum Gasteiger partial charge on any atom is 0.218 e. The summed E-state index contributed by atoms with van der Waals surface area (Å²) in [5, 5.41) is 0.549. The topological polar surface area (TPSA) is 68.1 Å². The summed E-state index contributed by atoms with van der Waals surface area (Å²) in [4.78, 5) is 9.09. The minimum Gasteiger partial charge on any atom is -0.326 e. The molecular weight excluding hydrogens is 408 g/mol. The van der Waals surface area contributed by atoms with Crippen molar-refractivity contribution in [1.29, 1.82) is 0 Å². The smallest absolute Gasteiger partial charge is 0.218 e. The summed E-state index contributed by atoms with van der Waals surface area (Å²) >= 11 is 6.01. The van der Waals surface area contributed by atoms with Crippen LogP contribution in [0.4, 0.5) is 0 Å². The molecule has 0 aliphatic carbocycles. The second-order valence-electron chi connectivity index (χ2n) is 8.07. The van der Waals surface area contributed by atoms with Crippen LogP contribution in [0.2, 0.25) is 5.02 Å². The van der Waals surface area contributed by atoms with Crippen LogP contribution in [0.5, 0.6) is 0 Å². The number of rotatable bonds is 6. The third-order valence-corrected chi connectivity index (χ3v) is 7.33. The van der Waals surface area contributed by atoms with E-state index in [1.165, 1.54) is 0 Å². The molecule has 1 aromatic carbocycles. The average molecular weight is 433 g/mol. The van der Waals surface area contributed by atoms with Crippen molar-refractivity contribution in [2.75, 3.05) is 13.1 Å². The van der Waals surface area contributed by atoms with Crippen LogP contribution < -0.4 is 0 Å². The van der Waals surface area contributed by atoms with E-state index in [0.717, 1.165) is 29.8 Å². The van der Waals surface area contributed by atoms with E-state index >= 15 is 0 Å². The number of fused-ring (bicyclic) bond motifs is 1. The molecule has 0 radical (unpaired) electrons. The molecule has 4 rings (SSSR count). The normalized spacial score (nSPS) is 18.1. The lowest BCUT2D eigenvalue weighted by atomic mass is 10.1. The fourth-order valence-electron chi connectivity index (χ4n) is 3.98. The minimum absolute atomic E-state index is 0.0351. The lowest BCUT2D eigenvalue weighted by Crippen LogP contribution is -2.30. The zero-order valence-corrected chi connectivity index (χ0v) is 18.2. The summed E-state index contributed by atoms with van der Waals surface area (Å²) in [7, 11) is -3.41. The Labute approximate surface area is 176 Å². The molecule has 0 N–H and O–H groups in total. The summed E-state index contributed by atoms with van der Waals surface area (Å²) < 4.78 is 29.7. The van der Waals surface area contributed by atoms with Gasteiger partial charge in [-0.3, -0.25) is 4.98 Å². The first-order valence-corrected chi connectivity index (χ1v) is 11.8. The fraction of sp³-hybridized carbons (Fsp3) is 0.429. The third-order valence-electron chi connectivity index (χ3n) is 5.28. The highest BCUT2D eigenvalue weighted by Crippen LogP contribution is 2.32. The molecule has 3 heterocycles. The Morgan fingerprint density at radius 3 is 2.86 bits per heavy atom. The van der Waals surface area contributed by atoms with Crippen LogP contribution in [-0.2, 0) is 22.3 Å². The first-order chi connectivity index (χ1) is 13.8. The summed E-state index contributed by atoms with van der Waals surface area (Å²) in [6.45, 7) is 6.14.